The zero-order valence-corrected chi connectivity index (χ0v) is 13.3. The molecule has 0 N–H and O–H groups in total. The molecule has 0 bridgehead atoms. The summed E-state index contributed by atoms with van der Waals surface area (Å²) in [5.41, 5.74) is 3.00. The van der Waals surface area contributed by atoms with Crippen molar-refractivity contribution >= 4 is 17.2 Å². The van der Waals surface area contributed by atoms with Gasteiger partial charge in [0.2, 0.25) is 0 Å². The normalized spacial score (nSPS) is 14.9. The molecule has 1 saturated heterocycles. The highest BCUT2D eigenvalue weighted by Crippen LogP contribution is 2.26. The van der Waals surface area contributed by atoms with E-state index in [-0.39, 0.29) is 5.91 Å². The fourth-order valence-electron chi connectivity index (χ4n) is 2.60. The van der Waals surface area contributed by atoms with E-state index in [2.05, 4.69) is 43.1 Å². The minimum Gasteiger partial charge on any atom is -0.337 e. The Kier molecular flexibility index (Phi) is 4.06. The van der Waals surface area contributed by atoms with Crippen LogP contribution in [0.3, 0.4) is 0 Å². The number of hydrogen-bond acceptors (Lipinski definition) is 3. The molecule has 0 spiro atoms. The van der Waals surface area contributed by atoms with Crippen LogP contribution in [-0.4, -0.2) is 28.9 Å². The molecular weight excluding hydrogens is 280 g/mol. The second kappa shape index (κ2) is 5.98. The molecule has 0 radical (unpaired) electrons. The molecule has 0 atom stereocenters. The molecule has 2 aromatic rings. The number of likely N-dealkylation sites (tertiary alicyclic amines) is 1. The van der Waals surface area contributed by atoms with E-state index >= 15 is 0 Å². The zero-order chi connectivity index (χ0) is 14.8. The van der Waals surface area contributed by atoms with Crippen LogP contribution in [0.25, 0.3) is 10.6 Å². The number of carbonyl (C=O) groups is 1. The Morgan fingerprint density at radius 1 is 1.19 bits per heavy atom. The van der Waals surface area contributed by atoms with Gasteiger partial charge in [-0.15, -0.1) is 11.3 Å². The van der Waals surface area contributed by atoms with Gasteiger partial charge in [0.05, 0.1) is 0 Å². The minimum atomic E-state index is 0.0776. The Labute approximate surface area is 129 Å². The van der Waals surface area contributed by atoms with E-state index in [0.29, 0.717) is 11.6 Å². The summed E-state index contributed by atoms with van der Waals surface area (Å²) >= 11 is 1.55. The van der Waals surface area contributed by atoms with Crippen molar-refractivity contribution in [2.45, 2.75) is 32.6 Å². The van der Waals surface area contributed by atoms with Gasteiger partial charge in [-0.3, -0.25) is 4.79 Å². The summed E-state index contributed by atoms with van der Waals surface area (Å²) in [6.45, 7) is 6.11. The second-order valence-electron chi connectivity index (χ2n) is 5.81. The molecule has 2 heterocycles. The predicted octanol–water partition coefficient (Wildman–Crippen LogP) is 4.17. The Morgan fingerprint density at radius 3 is 2.48 bits per heavy atom. The highest BCUT2D eigenvalue weighted by Gasteiger charge is 2.21. The standard InChI is InChI=1S/C17H20N2OS/c1-12(2)13-5-7-14(8-6-13)16-18-15(11-21-16)17(20)19-9-3-4-10-19/h5-8,11-12H,3-4,9-10H2,1-2H3. The van der Waals surface area contributed by atoms with Crippen molar-refractivity contribution in [1.29, 1.82) is 0 Å². The van der Waals surface area contributed by atoms with Crippen LogP contribution in [0.1, 0.15) is 48.7 Å². The fraction of sp³-hybridized carbons (Fsp3) is 0.412. The van der Waals surface area contributed by atoms with Crippen LogP contribution in [0.5, 0.6) is 0 Å². The van der Waals surface area contributed by atoms with Crippen LogP contribution in [0, 0.1) is 0 Å². The summed E-state index contributed by atoms with van der Waals surface area (Å²) in [4.78, 5) is 18.7. The average molecular weight is 300 g/mol. The van der Waals surface area contributed by atoms with Crippen molar-refractivity contribution in [3.8, 4) is 10.6 Å². The largest absolute Gasteiger partial charge is 0.337 e. The molecule has 1 amide bonds. The third kappa shape index (κ3) is 3.00. The molecule has 21 heavy (non-hydrogen) atoms. The first-order chi connectivity index (χ1) is 10.1. The molecular formula is C17H20N2OS. The molecule has 3 rings (SSSR count). The Bertz CT molecular complexity index is 624. The third-order valence-electron chi connectivity index (χ3n) is 3.94. The van der Waals surface area contributed by atoms with Gasteiger partial charge >= 0.3 is 0 Å². The lowest BCUT2D eigenvalue weighted by molar-refractivity contribution is 0.0788. The number of amides is 1. The van der Waals surface area contributed by atoms with Gasteiger partial charge in [-0.2, -0.15) is 0 Å². The summed E-state index contributed by atoms with van der Waals surface area (Å²) < 4.78 is 0. The molecule has 0 aliphatic carbocycles. The van der Waals surface area contributed by atoms with Crippen molar-refractivity contribution in [1.82, 2.24) is 9.88 Å². The molecule has 1 aromatic heterocycles. The van der Waals surface area contributed by atoms with Crippen molar-refractivity contribution in [2.24, 2.45) is 0 Å². The monoisotopic (exact) mass is 300 g/mol. The summed E-state index contributed by atoms with van der Waals surface area (Å²) in [5, 5.41) is 2.81. The number of benzene rings is 1. The summed E-state index contributed by atoms with van der Waals surface area (Å²) in [6.07, 6.45) is 2.22. The summed E-state index contributed by atoms with van der Waals surface area (Å²) in [5.74, 6) is 0.608. The van der Waals surface area contributed by atoms with E-state index in [0.717, 1.165) is 36.5 Å². The fourth-order valence-corrected chi connectivity index (χ4v) is 3.40. The molecule has 1 fully saturated rings. The van der Waals surface area contributed by atoms with Crippen LogP contribution >= 0.6 is 11.3 Å². The first-order valence-corrected chi connectivity index (χ1v) is 8.38. The van der Waals surface area contributed by atoms with Crippen LogP contribution in [0.2, 0.25) is 0 Å². The summed E-state index contributed by atoms with van der Waals surface area (Å²) in [6, 6.07) is 8.48. The minimum absolute atomic E-state index is 0.0776. The molecule has 0 unspecified atom stereocenters. The summed E-state index contributed by atoms with van der Waals surface area (Å²) in [7, 11) is 0. The Morgan fingerprint density at radius 2 is 1.86 bits per heavy atom. The van der Waals surface area contributed by atoms with Crippen molar-refractivity contribution < 1.29 is 4.79 Å². The quantitative estimate of drug-likeness (QED) is 0.852. The predicted molar refractivity (Wildman–Crippen MR) is 86.8 cm³/mol. The van der Waals surface area contributed by atoms with Gasteiger partial charge in [0.1, 0.15) is 10.7 Å². The van der Waals surface area contributed by atoms with Gasteiger partial charge in [-0.1, -0.05) is 38.1 Å². The Balaban J connectivity index is 1.79. The number of hydrogen-bond donors (Lipinski definition) is 0. The van der Waals surface area contributed by atoms with Crippen molar-refractivity contribution in [3.63, 3.8) is 0 Å². The number of aromatic nitrogens is 1. The van der Waals surface area contributed by atoms with E-state index in [1.54, 1.807) is 11.3 Å². The van der Waals surface area contributed by atoms with E-state index in [1.807, 2.05) is 10.3 Å². The van der Waals surface area contributed by atoms with E-state index in [1.165, 1.54) is 5.56 Å². The van der Waals surface area contributed by atoms with Gasteiger partial charge in [0.15, 0.2) is 0 Å². The number of rotatable bonds is 3. The van der Waals surface area contributed by atoms with Gasteiger partial charge in [0, 0.05) is 24.0 Å². The maximum absolute atomic E-state index is 12.3. The molecule has 1 aliphatic rings. The van der Waals surface area contributed by atoms with Gasteiger partial charge in [-0.05, 0) is 24.3 Å². The lowest BCUT2D eigenvalue weighted by Gasteiger charge is -2.12. The SMILES string of the molecule is CC(C)c1ccc(-c2nc(C(=O)N3CCCC3)cs2)cc1. The van der Waals surface area contributed by atoms with Crippen LogP contribution in [-0.2, 0) is 0 Å². The second-order valence-corrected chi connectivity index (χ2v) is 6.67. The van der Waals surface area contributed by atoms with E-state index in [9.17, 15) is 4.79 Å². The number of nitrogens with zero attached hydrogens (tertiary/aromatic N) is 2. The molecule has 1 aromatic carbocycles. The van der Waals surface area contributed by atoms with Gasteiger partial charge < -0.3 is 4.90 Å². The third-order valence-corrected chi connectivity index (χ3v) is 4.83. The average Bonchev–Trinajstić information content (AvgIpc) is 3.18. The van der Waals surface area contributed by atoms with Crippen LogP contribution in [0.4, 0.5) is 0 Å². The first-order valence-electron chi connectivity index (χ1n) is 7.50. The van der Waals surface area contributed by atoms with Gasteiger partial charge in [-0.25, -0.2) is 4.98 Å². The topological polar surface area (TPSA) is 33.2 Å². The Hall–Kier alpha value is -1.68. The molecule has 4 heteroatoms. The maximum Gasteiger partial charge on any atom is 0.273 e. The highest BCUT2D eigenvalue weighted by atomic mass is 32.1. The molecule has 110 valence electrons. The number of thiazole rings is 1. The lowest BCUT2D eigenvalue weighted by atomic mass is 10.0. The van der Waals surface area contributed by atoms with Gasteiger partial charge in [0.25, 0.3) is 5.91 Å². The first kappa shape index (κ1) is 14.3. The zero-order valence-electron chi connectivity index (χ0n) is 12.5. The smallest absolute Gasteiger partial charge is 0.273 e. The molecule has 0 saturated carbocycles. The maximum atomic E-state index is 12.3. The van der Waals surface area contributed by atoms with Crippen molar-refractivity contribution in [2.75, 3.05) is 13.1 Å². The van der Waals surface area contributed by atoms with Crippen LogP contribution in [0.15, 0.2) is 29.6 Å². The highest BCUT2D eigenvalue weighted by molar-refractivity contribution is 7.13. The lowest BCUT2D eigenvalue weighted by Crippen LogP contribution is -2.27. The van der Waals surface area contributed by atoms with E-state index < -0.39 is 0 Å². The van der Waals surface area contributed by atoms with E-state index in [4.69, 9.17) is 0 Å². The van der Waals surface area contributed by atoms with Crippen molar-refractivity contribution in [3.05, 3.63) is 40.9 Å². The molecule has 3 nitrogen and oxygen atoms in total. The van der Waals surface area contributed by atoms with Crippen LogP contribution < -0.4 is 0 Å². The molecule has 1 aliphatic heterocycles. The number of carbonyl (C=O) groups excluding carboxylic acids is 1.